The molecule has 20 heavy (non-hydrogen) atoms. The highest BCUT2D eigenvalue weighted by Crippen LogP contribution is 2.16. The molecule has 0 saturated heterocycles. The molecule has 0 bridgehead atoms. The molecule has 0 fully saturated rings. The van der Waals surface area contributed by atoms with Gasteiger partial charge in [0.1, 0.15) is 5.69 Å². The van der Waals surface area contributed by atoms with E-state index in [-0.39, 0.29) is 0 Å². The highest BCUT2D eigenvalue weighted by Gasteiger charge is 2.11. The van der Waals surface area contributed by atoms with E-state index < -0.39 is 0 Å². The van der Waals surface area contributed by atoms with Crippen LogP contribution in [0.3, 0.4) is 0 Å². The quantitative estimate of drug-likeness (QED) is 0.803. The van der Waals surface area contributed by atoms with E-state index in [9.17, 15) is 0 Å². The Morgan fingerprint density at radius 3 is 2.50 bits per heavy atom. The van der Waals surface area contributed by atoms with Crippen LogP contribution in [0.2, 0.25) is 0 Å². The summed E-state index contributed by atoms with van der Waals surface area (Å²) < 4.78 is 6.77. The molecule has 1 N–H and O–H groups in total. The van der Waals surface area contributed by atoms with E-state index >= 15 is 0 Å². The first kappa shape index (κ1) is 14.6. The molecule has 0 aliphatic heterocycles. The number of rotatable bonds is 6. The van der Waals surface area contributed by atoms with Crippen molar-refractivity contribution in [2.75, 3.05) is 20.3 Å². The maximum absolute atomic E-state index is 5.02. The molecular weight excluding hydrogens is 254 g/mol. The zero-order chi connectivity index (χ0) is 14.5. The number of nitrogens with one attached hydrogen (secondary N) is 1. The fraction of sp³-hybridized carbons (Fsp3) is 0.500. The summed E-state index contributed by atoms with van der Waals surface area (Å²) in [4.78, 5) is 9.12. The van der Waals surface area contributed by atoms with Gasteiger partial charge in [0.15, 0.2) is 5.82 Å². The van der Waals surface area contributed by atoms with Gasteiger partial charge in [-0.1, -0.05) is 0 Å². The summed E-state index contributed by atoms with van der Waals surface area (Å²) in [7, 11) is 3.58. The van der Waals surface area contributed by atoms with Crippen molar-refractivity contribution >= 4 is 0 Å². The van der Waals surface area contributed by atoms with Crippen molar-refractivity contribution in [3.8, 4) is 11.5 Å². The average Bonchev–Trinajstić information content (AvgIpc) is 2.83. The summed E-state index contributed by atoms with van der Waals surface area (Å²) in [6.07, 6.45) is 1.89. The van der Waals surface area contributed by atoms with Crippen molar-refractivity contribution in [1.29, 1.82) is 0 Å². The second-order valence-corrected chi connectivity index (χ2v) is 4.74. The first-order valence-electron chi connectivity index (χ1n) is 6.65. The van der Waals surface area contributed by atoms with Gasteiger partial charge in [-0.3, -0.25) is 4.68 Å². The van der Waals surface area contributed by atoms with Crippen LogP contribution in [0.25, 0.3) is 11.5 Å². The summed E-state index contributed by atoms with van der Waals surface area (Å²) >= 11 is 0. The Morgan fingerprint density at radius 2 is 1.95 bits per heavy atom. The third kappa shape index (κ3) is 3.40. The average molecular weight is 275 g/mol. The normalized spacial score (nSPS) is 11.0. The Hall–Kier alpha value is -1.79. The summed E-state index contributed by atoms with van der Waals surface area (Å²) in [6, 6.07) is 1.92. The number of hydrogen-bond acceptors (Lipinski definition) is 5. The van der Waals surface area contributed by atoms with Crippen LogP contribution in [0, 0.1) is 13.8 Å². The van der Waals surface area contributed by atoms with E-state index in [4.69, 9.17) is 4.74 Å². The lowest BCUT2D eigenvalue weighted by Crippen LogP contribution is -2.20. The second kappa shape index (κ2) is 6.58. The SMILES string of the molecule is COCCNCc1c(C)nc(-c2ccn(C)n2)nc1C. The predicted molar refractivity (Wildman–Crippen MR) is 77.3 cm³/mol. The molecule has 0 radical (unpaired) electrons. The fourth-order valence-corrected chi connectivity index (χ4v) is 2.03. The van der Waals surface area contributed by atoms with Gasteiger partial charge in [0.25, 0.3) is 0 Å². The number of nitrogens with zero attached hydrogens (tertiary/aromatic N) is 4. The van der Waals surface area contributed by atoms with Crippen molar-refractivity contribution in [3.05, 3.63) is 29.2 Å². The molecule has 0 saturated carbocycles. The van der Waals surface area contributed by atoms with Crippen LogP contribution in [0.1, 0.15) is 17.0 Å². The Labute approximate surface area is 119 Å². The lowest BCUT2D eigenvalue weighted by molar-refractivity contribution is 0.199. The Kier molecular flexibility index (Phi) is 4.81. The van der Waals surface area contributed by atoms with Gasteiger partial charge in [-0.25, -0.2) is 9.97 Å². The van der Waals surface area contributed by atoms with Crippen molar-refractivity contribution < 1.29 is 4.74 Å². The minimum absolute atomic E-state index is 0.682. The number of aromatic nitrogens is 4. The van der Waals surface area contributed by atoms with Gasteiger partial charge in [0.2, 0.25) is 0 Å². The van der Waals surface area contributed by atoms with Crippen LogP contribution in [0.5, 0.6) is 0 Å². The lowest BCUT2D eigenvalue weighted by atomic mass is 10.1. The van der Waals surface area contributed by atoms with E-state index in [0.717, 1.165) is 35.7 Å². The van der Waals surface area contributed by atoms with Crippen LogP contribution < -0.4 is 5.32 Å². The fourth-order valence-electron chi connectivity index (χ4n) is 2.03. The largest absolute Gasteiger partial charge is 0.383 e. The summed E-state index contributed by atoms with van der Waals surface area (Å²) in [5, 5.41) is 7.66. The van der Waals surface area contributed by atoms with E-state index in [1.54, 1.807) is 11.8 Å². The smallest absolute Gasteiger partial charge is 0.180 e. The maximum atomic E-state index is 5.02. The zero-order valence-corrected chi connectivity index (χ0v) is 12.5. The highest BCUT2D eigenvalue weighted by molar-refractivity contribution is 5.49. The number of ether oxygens (including phenoxy) is 1. The van der Waals surface area contributed by atoms with Crippen LogP contribution in [-0.4, -0.2) is 40.0 Å². The van der Waals surface area contributed by atoms with Crippen LogP contribution >= 0.6 is 0 Å². The second-order valence-electron chi connectivity index (χ2n) is 4.74. The standard InChI is InChI=1S/C14H21N5O/c1-10-12(9-15-6-8-20-4)11(2)17-14(16-10)13-5-7-19(3)18-13/h5,7,15H,6,8-9H2,1-4H3. The maximum Gasteiger partial charge on any atom is 0.180 e. The first-order valence-corrected chi connectivity index (χ1v) is 6.65. The third-order valence-electron chi connectivity index (χ3n) is 3.15. The molecule has 2 rings (SSSR count). The number of methoxy groups -OCH3 is 1. The molecule has 0 atom stereocenters. The van der Waals surface area contributed by atoms with E-state index in [1.165, 1.54) is 0 Å². The molecule has 2 aromatic heterocycles. The molecule has 2 aromatic rings. The molecule has 0 aromatic carbocycles. The van der Waals surface area contributed by atoms with Crippen LogP contribution in [0.4, 0.5) is 0 Å². The van der Waals surface area contributed by atoms with Gasteiger partial charge < -0.3 is 10.1 Å². The zero-order valence-electron chi connectivity index (χ0n) is 12.5. The Balaban J connectivity index is 2.16. The van der Waals surface area contributed by atoms with Gasteiger partial charge in [-0.2, -0.15) is 5.10 Å². The molecule has 6 nitrogen and oxygen atoms in total. The van der Waals surface area contributed by atoms with Gasteiger partial charge in [-0.05, 0) is 19.9 Å². The lowest BCUT2D eigenvalue weighted by Gasteiger charge is -2.11. The Morgan fingerprint density at radius 1 is 1.25 bits per heavy atom. The van der Waals surface area contributed by atoms with Crippen molar-refractivity contribution in [1.82, 2.24) is 25.1 Å². The summed E-state index contributed by atoms with van der Waals surface area (Å²) in [5.74, 6) is 0.682. The van der Waals surface area contributed by atoms with E-state index in [0.29, 0.717) is 12.4 Å². The van der Waals surface area contributed by atoms with Crippen molar-refractivity contribution in [2.24, 2.45) is 7.05 Å². The molecule has 0 aliphatic carbocycles. The van der Waals surface area contributed by atoms with Gasteiger partial charge in [0, 0.05) is 50.4 Å². The molecule has 0 aliphatic rings. The minimum Gasteiger partial charge on any atom is -0.383 e. The summed E-state index contributed by atoms with van der Waals surface area (Å²) in [6.45, 7) is 6.29. The minimum atomic E-state index is 0.682. The highest BCUT2D eigenvalue weighted by atomic mass is 16.5. The van der Waals surface area contributed by atoms with Gasteiger partial charge >= 0.3 is 0 Å². The molecular formula is C14H21N5O. The Bertz CT molecular complexity index is 556. The van der Waals surface area contributed by atoms with E-state index in [2.05, 4.69) is 20.4 Å². The molecule has 0 unspecified atom stereocenters. The molecule has 2 heterocycles. The van der Waals surface area contributed by atoms with Gasteiger partial charge in [-0.15, -0.1) is 0 Å². The molecule has 6 heteroatoms. The topological polar surface area (TPSA) is 64.9 Å². The van der Waals surface area contributed by atoms with E-state index in [1.807, 2.05) is 33.2 Å². The third-order valence-corrected chi connectivity index (χ3v) is 3.15. The molecule has 108 valence electrons. The molecule has 0 spiro atoms. The van der Waals surface area contributed by atoms with Crippen LogP contribution in [0.15, 0.2) is 12.3 Å². The summed E-state index contributed by atoms with van der Waals surface area (Å²) in [5.41, 5.74) is 3.92. The number of hydrogen-bond donors (Lipinski definition) is 1. The predicted octanol–water partition coefficient (Wildman–Crippen LogP) is 1.23. The van der Waals surface area contributed by atoms with Crippen LogP contribution in [-0.2, 0) is 18.3 Å². The van der Waals surface area contributed by atoms with Gasteiger partial charge in [0.05, 0.1) is 6.61 Å². The monoisotopic (exact) mass is 275 g/mol. The number of aryl methyl sites for hydroxylation is 3. The van der Waals surface area contributed by atoms with Crippen molar-refractivity contribution in [3.63, 3.8) is 0 Å². The molecule has 0 amide bonds. The first-order chi connectivity index (χ1) is 9.61. The van der Waals surface area contributed by atoms with Crippen molar-refractivity contribution in [2.45, 2.75) is 20.4 Å².